The lowest BCUT2D eigenvalue weighted by atomic mass is 10.0. The number of nitrogens with two attached hydrogens (primary N) is 1. The molecule has 0 bridgehead atoms. The summed E-state index contributed by atoms with van der Waals surface area (Å²) in [5, 5.41) is 0. The fourth-order valence-corrected chi connectivity index (χ4v) is 1.69. The van der Waals surface area contributed by atoms with Gasteiger partial charge in [-0.15, -0.1) is 0 Å². The van der Waals surface area contributed by atoms with Gasteiger partial charge in [0.2, 0.25) is 0 Å². The minimum absolute atomic E-state index is 0.716. The molecule has 0 saturated carbocycles. The van der Waals surface area contributed by atoms with Crippen molar-refractivity contribution in [3.63, 3.8) is 0 Å². The molecule has 1 aromatic rings. The van der Waals surface area contributed by atoms with Gasteiger partial charge in [-0.2, -0.15) is 0 Å². The van der Waals surface area contributed by atoms with Crippen molar-refractivity contribution in [3.05, 3.63) is 23.3 Å². The van der Waals surface area contributed by atoms with Gasteiger partial charge in [-0.1, -0.05) is 6.07 Å². The first-order valence-corrected chi connectivity index (χ1v) is 5.15. The van der Waals surface area contributed by atoms with Gasteiger partial charge in [0.05, 0.1) is 14.2 Å². The van der Waals surface area contributed by atoms with Crippen molar-refractivity contribution in [2.45, 2.75) is 19.8 Å². The number of aryl methyl sites for hydroxylation is 1. The van der Waals surface area contributed by atoms with Gasteiger partial charge in [-0.25, -0.2) is 0 Å². The van der Waals surface area contributed by atoms with Gasteiger partial charge in [0.25, 0.3) is 0 Å². The van der Waals surface area contributed by atoms with E-state index in [4.69, 9.17) is 15.2 Å². The largest absolute Gasteiger partial charge is 0.493 e. The van der Waals surface area contributed by atoms with E-state index in [1.807, 2.05) is 13.0 Å². The molecule has 0 aliphatic heterocycles. The Kier molecular flexibility index (Phi) is 4.43. The van der Waals surface area contributed by atoms with Crippen LogP contribution in [-0.4, -0.2) is 20.8 Å². The van der Waals surface area contributed by atoms with E-state index in [-0.39, 0.29) is 0 Å². The summed E-state index contributed by atoms with van der Waals surface area (Å²) in [5.41, 5.74) is 7.92. The third kappa shape index (κ3) is 2.63. The molecule has 1 aromatic carbocycles. The molecule has 84 valence electrons. The molecule has 0 atom stereocenters. The molecule has 15 heavy (non-hydrogen) atoms. The van der Waals surface area contributed by atoms with E-state index in [0.717, 1.165) is 29.9 Å². The first kappa shape index (κ1) is 11.9. The number of hydrogen-bond acceptors (Lipinski definition) is 3. The molecule has 0 aliphatic rings. The summed E-state index contributed by atoms with van der Waals surface area (Å²) in [6.45, 7) is 2.76. The average molecular weight is 209 g/mol. The number of methoxy groups -OCH3 is 2. The highest BCUT2D eigenvalue weighted by Crippen LogP contribution is 2.33. The molecule has 0 amide bonds. The van der Waals surface area contributed by atoms with Crippen LogP contribution in [0.3, 0.4) is 0 Å². The second kappa shape index (κ2) is 5.61. The maximum atomic E-state index is 5.50. The number of benzene rings is 1. The molecule has 0 aliphatic carbocycles. The zero-order valence-corrected chi connectivity index (χ0v) is 9.67. The summed E-state index contributed by atoms with van der Waals surface area (Å²) >= 11 is 0. The third-order valence-electron chi connectivity index (χ3n) is 2.56. The Morgan fingerprint density at radius 1 is 1.20 bits per heavy atom. The van der Waals surface area contributed by atoms with Crippen LogP contribution >= 0.6 is 0 Å². The molecule has 0 radical (unpaired) electrons. The van der Waals surface area contributed by atoms with Crippen molar-refractivity contribution in [2.24, 2.45) is 5.73 Å². The Morgan fingerprint density at radius 2 is 1.93 bits per heavy atom. The number of rotatable bonds is 5. The summed E-state index contributed by atoms with van der Waals surface area (Å²) in [6.07, 6.45) is 1.99. The maximum absolute atomic E-state index is 5.50. The van der Waals surface area contributed by atoms with Gasteiger partial charge in [0.15, 0.2) is 11.5 Å². The van der Waals surface area contributed by atoms with Gasteiger partial charge in [0, 0.05) is 0 Å². The van der Waals surface area contributed by atoms with Crippen LogP contribution < -0.4 is 15.2 Å². The molecule has 0 heterocycles. The molecule has 3 nitrogen and oxygen atoms in total. The van der Waals surface area contributed by atoms with Crippen LogP contribution in [0.15, 0.2) is 12.1 Å². The first-order chi connectivity index (χ1) is 7.24. The van der Waals surface area contributed by atoms with Crippen LogP contribution in [0.5, 0.6) is 11.5 Å². The van der Waals surface area contributed by atoms with Crippen molar-refractivity contribution in [3.8, 4) is 11.5 Å². The topological polar surface area (TPSA) is 44.5 Å². The summed E-state index contributed by atoms with van der Waals surface area (Å²) < 4.78 is 10.6. The normalized spacial score (nSPS) is 10.1. The molecule has 0 unspecified atom stereocenters. The monoisotopic (exact) mass is 209 g/mol. The SMILES string of the molecule is COc1ccc(CCCN)c(C)c1OC. The van der Waals surface area contributed by atoms with Gasteiger partial charge >= 0.3 is 0 Å². The lowest BCUT2D eigenvalue weighted by Gasteiger charge is -2.13. The maximum Gasteiger partial charge on any atom is 0.163 e. The fraction of sp³-hybridized carbons (Fsp3) is 0.500. The lowest BCUT2D eigenvalue weighted by Crippen LogP contribution is -2.02. The van der Waals surface area contributed by atoms with E-state index in [9.17, 15) is 0 Å². The highest BCUT2D eigenvalue weighted by atomic mass is 16.5. The molecule has 0 aromatic heterocycles. The van der Waals surface area contributed by atoms with Gasteiger partial charge in [-0.3, -0.25) is 0 Å². The van der Waals surface area contributed by atoms with Crippen molar-refractivity contribution < 1.29 is 9.47 Å². The van der Waals surface area contributed by atoms with E-state index >= 15 is 0 Å². The second-order valence-electron chi connectivity index (χ2n) is 3.48. The highest BCUT2D eigenvalue weighted by Gasteiger charge is 2.10. The smallest absolute Gasteiger partial charge is 0.163 e. The highest BCUT2D eigenvalue weighted by molar-refractivity contribution is 5.50. The van der Waals surface area contributed by atoms with Crippen molar-refractivity contribution in [1.29, 1.82) is 0 Å². The van der Waals surface area contributed by atoms with Gasteiger partial charge in [-0.05, 0) is 43.5 Å². The summed E-state index contributed by atoms with van der Waals surface area (Å²) in [5.74, 6) is 1.61. The Hall–Kier alpha value is -1.22. The third-order valence-corrected chi connectivity index (χ3v) is 2.56. The van der Waals surface area contributed by atoms with Crippen LogP contribution in [0.4, 0.5) is 0 Å². The first-order valence-electron chi connectivity index (χ1n) is 5.15. The minimum Gasteiger partial charge on any atom is -0.493 e. The molecular formula is C12H19NO2. The quantitative estimate of drug-likeness (QED) is 0.805. The Labute approximate surface area is 91.2 Å². The summed E-state index contributed by atoms with van der Waals surface area (Å²) in [6, 6.07) is 4.02. The van der Waals surface area contributed by atoms with Crippen LogP contribution in [0.2, 0.25) is 0 Å². The predicted molar refractivity (Wildman–Crippen MR) is 61.7 cm³/mol. The van der Waals surface area contributed by atoms with E-state index in [0.29, 0.717) is 6.54 Å². The Morgan fingerprint density at radius 3 is 2.47 bits per heavy atom. The number of hydrogen-bond donors (Lipinski definition) is 1. The van der Waals surface area contributed by atoms with Crippen molar-refractivity contribution in [1.82, 2.24) is 0 Å². The van der Waals surface area contributed by atoms with E-state index in [2.05, 4.69) is 6.07 Å². The van der Waals surface area contributed by atoms with E-state index in [1.54, 1.807) is 14.2 Å². The zero-order valence-electron chi connectivity index (χ0n) is 9.67. The Bertz CT molecular complexity index is 324. The molecular weight excluding hydrogens is 190 g/mol. The fourth-order valence-electron chi connectivity index (χ4n) is 1.69. The second-order valence-corrected chi connectivity index (χ2v) is 3.48. The van der Waals surface area contributed by atoms with E-state index < -0.39 is 0 Å². The molecule has 0 fully saturated rings. The molecule has 2 N–H and O–H groups in total. The van der Waals surface area contributed by atoms with Crippen LogP contribution in [0.25, 0.3) is 0 Å². The van der Waals surface area contributed by atoms with Crippen LogP contribution in [0.1, 0.15) is 17.5 Å². The van der Waals surface area contributed by atoms with Gasteiger partial charge < -0.3 is 15.2 Å². The predicted octanol–water partition coefficient (Wildman–Crippen LogP) is 1.90. The Balaban J connectivity index is 3.00. The average Bonchev–Trinajstić information content (AvgIpc) is 2.27. The van der Waals surface area contributed by atoms with Gasteiger partial charge in [0.1, 0.15) is 0 Å². The molecule has 0 spiro atoms. The van der Waals surface area contributed by atoms with E-state index in [1.165, 1.54) is 5.56 Å². The standard InChI is InChI=1S/C12H19NO2/c1-9-10(5-4-8-13)6-7-11(14-2)12(9)15-3/h6-7H,4-5,8,13H2,1-3H3. The molecule has 0 saturated heterocycles. The van der Waals surface area contributed by atoms with Crippen LogP contribution in [0, 0.1) is 6.92 Å². The molecule has 3 heteroatoms. The number of ether oxygens (including phenoxy) is 2. The van der Waals surface area contributed by atoms with Crippen molar-refractivity contribution in [2.75, 3.05) is 20.8 Å². The summed E-state index contributed by atoms with van der Waals surface area (Å²) in [7, 11) is 3.31. The summed E-state index contributed by atoms with van der Waals surface area (Å²) in [4.78, 5) is 0. The molecule has 1 rings (SSSR count). The zero-order chi connectivity index (χ0) is 11.3. The minimum atomic E-state index is 0.716. The lowest BCUT2D eigenvalue weighted by molar-refractivity contribution is 0.352. The van der Waals surface area contributed by atoms with Crippen molar-refractivity contribution >= 4 is 0 Å². The van der Waals surface area contributed by atoms with Crippen LogP contribution in [-0.2, 0) is 6.42 Å².